The van der Waals surface area contributed by atoms with Gasteiger partial charge in [-0.05, 0) is 37.0 Å². The molecule has 0 spiro atoms. The highest BCUT2D eigenvalue weighted by molar-refractivity contribution is 5.39. The molecule has 0 amide bonds. The molecule has 3 N–H and O–H groups in total. The fourth-order valence-electron chi connectivity index (χ4n) is 3.36. The van der Waals surface area contributed by atoms with E-state index in [4.69, 9.17) is 5.73 Å². The highest BCUT2D eigenvalue weighted by Gasteiger charge is 2.39. The average Bonchev–Trinajstić information content (AvgIpc) is 2.92. The zero-order chi connectivity index (χ0) is 11.8. The van der Waals surface area contributed by atoms with E-state index in [1.165, 1.54) is 25.7 Å². The van der Waals surface area contributed by atoms with Crippen molar-refractivity contribution in [2.75, 3.05) is 17.6 Å². The topological polar surface area (TPSA) is 63.8 Å². The van der Waals surface area contributed by atoms with Gasteiger partial charge >= 0.3 is 0 Å². The van der Waals surface area contributed by atoms with Crippen molar-refractivity contribution in [3.05, 3.63) is 12.0 Å². The Balaban J connectivity index is 1.62. The van der Waals surface area contributed by atoms with Crippen molar-refractivity contribution in [3.63, 3.8) is 0 Å². The number of aromatic nitrogens is 2. The van der Waals surface area contributed by atoms with Gasteiger partial charge in [-0.3, -0.25) is 0 Å². The summed E-state index contributed by atoms with van der Waals surface area (Å²) >= 11 is 0. The molecule has 0 aromatic carbocycles. The molecule has 1 aromatic rings. The summed E-state index contributed by atoms with van der Waals surface area (Å²) in [7, 11) is 0. The molecule has 1 heterocycles. The molecular weight excluding hydrogens is 219 g/mol. The molecule has 0 aliphatic heterocycles. The van der Waals surface area contributed by atoms with Crippen molar-refractivity contribution in [2.24, 2.45) is 17.8 Å². The highest BCUT2D eigenvalue weighted by atomic mass is 19.1. The highest BCUT2D eigenvalue weighted by Crippen LogP contribution is 2.48. The molecule has 0 radical (unpaired) electrons. The Kier molecular flexibility index (Phi) is 2.61. The third-order valence-corrected chi connectivity index (χ3v) is 4.18. The van der Waals surface area contributed by atoms with E-state index in [1.807, 2.05) is 0 Å². The second kappa shape index (κ2) is 4.13. The van der Waals surface area contributed by atoms with Crippen LogP contribution in [0.4, 0.5) is 16.2 Å². The van der Waals surface area contributed by atoms with Crippen LogP contribution in [-0.2, 0) is 0 Å². The summed E-state index contributed by atoms with van der Waals surface area (Å²) in [5.74, 6) is 2.33. The monoisotopic (exact) mass is 236 g/mol. The van der Waals surface area contributed by atoms with Crippen LogP contribution in [-0.4, -0.2) is 16.5 Å². The van der Waals surface area contributed by atoms with E-state index in [-0.39, 0.29) is 11.8 Å². The number of fused-ring (bicyclic) bond motifs is 2. The zero-order valence-corrected chi connectivity index (χ0v) is 9.69. The van der Waals surface area contributed by atoms with E-state index in [2.05, 4.69) is 15.3 Å². The number of rotatable bonds is 3. The predicted octanol–water partition coefficient (Wildman–Crippen LogP) is 2.05. The third-order valence-electron chi connectivity index (χ3n) is 4.18. The summed E-state index contributed by atoms with van der Waals surface area (Å²) in [4.78, 5) is 7.49. The molecule has 2 aliphatic rings. The Morgan fingerprint density at radius 2 is 2.29 bits per heavy atom. The maximum absolute atomic E-state index is 13.4. The minimum atomic E-state index is -0.428. The standard InChI is InChI=1S/C12H17FN4/c13-10-6-16-12(14)17-11(10)15-5-9-4-7-1-2-8(9)3-7/h6-9H,1-5H2,(H3,14,15,16,17). The van der Waals surface area contributed by atoms with Crippen molar-refractivity contribution in [1.29, 1.82) is 0 Å². The van der Waals surface area contributed by atoms with Gasteiger partial charge in [-0.15, -0.1) is 0 Å². The molecule has 4 nitrogen and oxygen atoms in total. The van der Waals surface area contributed by atoms with Gasteiger partial charge in [0.1, 0.15) is 0 Å². The number of anilines is 2. The Hall–Kier alpha value is -1.39. The summed E-state index contributed by atoms with van der Waals surface area (Å²) < 4.78 is 13.4. The van der Waals surface area contributed by atoms with Crippen molar-refractivity contribution in [2.45, 2.75) is 25.7 Å². The van der Waals surface area contributed by atoms with Gasteiger partial charge in [-0.2, -0.15) is 4.98 Å². The summed E-state index contributed by atoms with van der Waals surface area (Å²) in [6.45, 7) is 0.800. The Morgan fingerprint density at radius 3 is 3.00 bits per heavy atom. The lowest BCUT2D eigenvalue weighted by molar-refractivity contribution is 0.348. The predicted molar refractivity (Wildman–Crippen MR) is 63.8 cm³/mol. The number of nitrogens with zero attached hydrogens (tertiary/aromatic N) is 2. The van der Waals surface area contributed by atoms with Gasteiger partial charge in [0.05, 0.1) is 6.20 Å². The number of nitrogens with two attached hydrogens (primary N) is 1. The quantitative estimate of drug-likeness (QED) is 0.843. The van der Waals surface area contributed by atoms with Gasteiger partial charge in [-0.1, -0.05) is 6.42 Å². The fourth-order valence-corrected chi connectivity index (χ4v) is 3.36. The van der Waals surface area contributed by atoms with Gasteiger partial charge in [0.15, 0.2) is 11.6 Å². The molecule has 0 saturated heterocycles. The summed E-state index contributed by atoms with van der Waals surface area (Å²) in [6, 6.07) is 0. The van der Waals surface area contributed by atoms with E-state index in [0.29, 0.717) is 5.92 Å². The molecule has 5 heteroatoms. The Labute approximate surface area is 99.8 Å². The number of hydrogen-bond acceptors (Lipinski definition) is 4. The second-order valence-corrected chi connectivity index (χ2v) is 5.24. The number of nitrogen functional groups attached to an aromatic ring is 1. The Morgan fingerprint density at radius 1 is 1.41 bits per heavy atom. The summed E-state index contributed by atoms with van der Waals surface area (Å²) in [5.41, 5.74) is 5.44. The summed E-state index contributed by atoms with van der Waals surface area (Å²) in [6.07, 6.45) is 6.48. The lowest BCUT2D eigenvalue weighted by atomic mass is 9.89. The van der Waals surface area contributed by atoms with Gasteiger partial charge in [0.2, 0.25) is 5.95 Å². The van der Waals surface area contributed by atoms with Crippen molar-refractivity contribution in [3.8, 4) is 0 Å². The van der Waals surface area contributed by atoms with E-state index in [1.54, 1.807) is 0 Å². The normalized spacial score (nSPS) is 30.8. The molecule has 3 rings (SSSR count). The molecule has 2 fully saturated rings. The summed E-state index contributed by atoms with van der Waals surface area (Å²) in [5, 5.41) is 3.07. The van der Waals surface area contributed by atoms with Crippen LogP contribution in [0.2, 0.25) is 0 Å². The van der Waals surface area contributed by atoms with Crippen LogP contribution in [0.3, 0.4) is 0 Å². The maximum atomic E-state index is 13.4. The molecule has 1 aromatic heterocycles. The first-order valence-electron chi connectivity index (χ1n) is 6.24. The Bertz CT molecular complexity index is 423. The first-order chi connectivity index (χ1) is 8.22. The smallest absolute Gasteiger partial charge is 0.222 e. The van der Waals surface area contributed by atoms with Crippen LogP contribution in [0.15, 0.2) is 6.20 Å². The largest absolute Gasteiger partial charge is 0.368 e. The minimum absolute atomic E-state index is 0.113. The molecule has 3 atom stereocenters. The van der Waals surface area contributed by atoms with Gasteiger partial charge < -0.3 is 11.1 Å². The molecular formula is C12H17FN4. The molecule has 2 saturated carbocycles. The van der Waals surface area contributed by atoms with Crippen LogP contribution >= 0.6 is 0 Å². The first kappa shape index (κ1) is 10.7. The van der Waals surface area contributed by atoms with Crippen LogP contribution < -0.4 is 11.1 Å². The third kappa shape index (κ3) is 2.06. The molecule has 17 heavy (non-hydrogen) atoms. The molecule has 2 aliphatic carbocycles. The number of hydrogen-bond donors (Lipinski definition) is 2. The van der Waals surface area contributed by atoms with Crippen LogP contribution in [0.5, 0.6) is 0 Å². The lowest BCUT2D eigenvalue weighted by Crippen LogP contribution is -2.21. The number of halogens is 1. The van der Waals surface area contributed by atoms with Crippen LogP contribution in [0.25, 0.3) is 0 Å². The van der Waals surface area contributed by atoms with Gasteiger partial charge in [0.25, 0.3) is 0 Å². The van der Waals surface area contributed by atoms with E-state index >= 15 is 0 Å². The molecule has 92 valence electrons. The average molecular weight is 236 g/mol. The number of nitrogens with one attached hydrogen (secondary N) is 1. The van der Waals surface area contributed by atoms with Crippen LogP contribution in [0, 0.1) is 23.6 Å². The van der Waals surface area contributed by atoms with E-state index in [0.717, 1.165) is 24.6 Å². The fraction of sp³-hybridized carbons (Fsp3) is 0.667. The van der Waals surface area contributed by atoms with Crippen molar-refractivity contribution < 1.29 is 4.39 Å². The molecule has 2 bridgehead atoms. The van der Waals surface area contributed by atoms with Gasteiger partial charge in [-0.25, -0.2) is 9.37 Å². The van der Waals surface area contributed by atoms with Gasteiger partial charge in [0, 0.05) is 6.54 Å². The lowest BCUT2D eigenvalue weighted by Gasteiger charge is -2.22. The minimum Gasteiger partial charge on any atom is -0.368 e. The second-order valence-electron chi connectivity index (χ2n) is 5.24. The van der Waals surface area contributed by atoms with Crippen molar-refractivity contribution in [1.82, 2.24) is 9.97 Å². The van der Waals surface area contributed by atoms with E-state index in [9.17, 15) is 4.39 Å². The SMILES string of the molecule is Nc1ncc(F)c(NCC2CC3CCC2C3)n1. The van der Waals surface area contributed by atoms with Crippen LogP contribution in [0.1, 0.15) is 25.7 Å². The zero-order valence-electron chi connectivity index (χ0n) is 9.69. The first-order valence-corrected chi connectivity index (χ1v) is 6.24. The maximum Gasteiger partial charge on any atom is 0.222 e. The molecule has 3 unspecified atom stereocenters. The van der Waals surface area contributed by atoms with Crippen molar-refractivity contribution >= 4 is 11.8 Å². The van der Waals surface area contributed by atoms with E-state index < -0.39 is 5.82 Å².